The Morgan fingerprint density at radius 1 is 1.39 bits per heavy atom. The Balaban J connectivity index is 2.26. The minimum atomic E-state index is -0.00884. The third kappa shape index (κ3) is 2.79. The Morgan fingerprint density at radius 3 is 2.89 bits per heavy atom. The molecule has 2 aromatic rings. The van der Waals surface area contributed by atoms with Crippen molar-refractivity contribution in [3.63, 3.8) is 0 Å². The Labute approximate surface area is 116 Å². The number of rotatable bonds is 4. The lowest BCUT2D eigenvalue weighted by Gasteiger charge is -2.07. The molecule has 96 valence electrons. The molecule has 0 aliphatic carbocycles. The molecule has 0 saturated carbocycles. The number of aromatic nitrogens is 1. The molecular weight excluding hydrogens is 271 g/mol. The molecule has 2 rings (SSSR count). The van der Waals surface area contributed by atoms with Gasteiger partial charge in [0.05, 0.1) is 10.5 Å². The van der Waals surface area contributed by atoms with Crippen LogP contribution in [0.2, 0.25) is 10.0 Å². The van der Waals surface area contributed by atoms with E-state index < -0.39 is 0 Å². The van der Waals surface area contributed by atoms with E-state index in [1.807, 2.05) is 29.8 Å². The highest BCUT2D eigenvalue weighted by molar-refractivity contribution is 6.38. The van der Waals surface area contributed by atoms with E-state index >= 15 is 0 Å². The predicted octanol–water partition coefficient (Wildman–Crippen LogP) is 3.47. The predicted molar refractivity (Wildman–Crippen MR) is 75.3 cm³/mol. The molecule has 0 unspecified atom stereocenters. The number of carbonyl (C=O) groups is 1. The van der Waals surface area contributed by atoms with Gasteiger partial charge >= 0.3 is 0 Å². The molecule has 0 fully saturated rings. The molecule has 18 heavy (non-hydrogen) atoms. The van der Waals surface area contributed by atoms with Crippen LogP contribution in [0.4, 0.5) is 0 Å². The zero-order valence-corrected chi connectivity index (χ0v) is 11.6. The quantitative estimate of drug-likeness (QED) is 0.917. The van der Waals surface area contributed by atoms with Crippen LogP contribution in [0, 0.1) is 0 Å². The highest BCUT2D eigenvalue weighted by Gasteiger charge is 2.09. The first kappa shape index (κ1) is 13.2. The average Bonchev–Trinajstić information content (AvgIpc) is 2.70. The van der Waals surface area contributed by atoms with Crippen molar-refractivity contribution < 1.29 is 4.79 Å². The first-order valence-electron chi connectivity index (χ1n) is 5.82. The molecule has 1 amide bonds. The van der Waals surface area contributed by atoms with E-state index in [-0.39, 0.29) is 12.5 Å². The maximum absolute atomic E-state index is 11.7. The number of hydrogen-bond acceptors (Lipinski definition) is 1. The van der Waals surface area contributed by atoms with Crippen LogP contribution in [0.25, 0.3) is 10.9 Å². The van der Waals surface area contributed by atoms with Crippen molar-refractivity contribution in [2.24, 2.45) is 0 Å². The van der Waals surface area contributed by atoms with Gasteiger partial charge in [-0.3, -0.25) is 4.79 Å². The molecule has 1 aromatic carbocycles. The second-order valence-corrected chi connectivity index (χ2v) is 4.96. The largest absolute Gasteiger partial charge is 0.355 e. The van der Waals surface area contributed by atoms with Crippen LogP contribution >= 0.6 is 23.2 Å². The molecule has 0 spiro atoms. The maximum Gasteiger partial charge on any atom is 0.239 e. The van der Waals surface area contributed by atoms with E-state index in [1.165, 1.54) is 0 Å². The van der Waals surface area contributed by atoms with Crippen molar-refractivity contribution in [3.8, 4) is 0 Å². The highest BCUT2D eigenvalue weighted by atomic mass is 35.5. The monoisotopic (exact) mass is 284 g/mol. The summed E-state index contributed by atoms with van der Waals surface area (Å²) in [5, 5.41) is 4.92. The summed E-state index contributed by atoms with van der Waals surface area (Å²) in [5.41, 5.74) is 0.874. The van der Waals surface area contributed by atoms with Crippen LogP contribution in [0.5, 0.6) is 0 Å². The summed E-state index contributed by atoms with van der Waals surface area (Å²) in [7, 11) is 0. The number of nitrogens with one attached hydrogen (secondary N) is 1. The zero-order chi connectivity index (χ0) is 13.1. The van der Waals surface area contributed by atoms with E-state index in [2.05, 4.69) is 5.32 Å². The Morgan fingerprint density at radius 2 is 2.17 bits per heavy atom. The molecule has 0 radical (unpaired) electrons. The number of halogens is 2. The summed E-state index contributed by atoms with van der Waals surface area (Å²) >= 11 is 12.1. The lowest BCUT2D eigenvalue weighted by molar-refractivity contribution is -0.121. The average molecular weight is 285 g/mol. The van der Waals surface area contributed by atoms with Crippen molar-refractivity contribution in [3.05, 3.63) is 34.4 Å². The van der Waals surface area contributed by atoms with Gasteiger partial charge in [-0.25, -0.2) is 0 Å². The van der Waals surface area contributed by atoms with Gasteiger partial charge in [-0.1, -0.05) is 30.1 Å². The van der Waals surface area contributed by atoms with Gasteiger partial charge in [-0.15, -0.1) is 0 Å². The van der Waals surface area contributed by atoms with Gasteiger partial charge in [0, 0.05) is 23.2 Å². The highest BCUT2D eigenvalue weighted by Crippen LogP contribution is 2.28. The normalized spacial score (nSPS) is 10.8. The summed E-state index contributed by atoms with van der Waals surface area (Å²) < 4.78 is 1.85. The van der Waals surface area contributed by atoms with E-state index in [9.17, 15) is 4.79 Å². The molecule has 1 heterocycles. The molecule has 1 N–H and O–H groups in total. The minimum Gasteiger partial charge on any atom is -0.355 e. The lowest BCUT2D eigenvalue weighted by atomic mass is 10.2. The fourth-order valence-electron chi connectivity index (χ4n) is 1.83. The van der Waals surface area contributed by atoms with E-state index in [1.54, 1.807) is 6.07 Å². The number of nitrogens with zero attached hydrogens (tertiary/aromatic N) is 1. The minimum absolute atomic E-state index is 0.00884. The summed E-state index contributed by atoms with van der Waals surface area (Å²) in [6.45, 7) is 2.99. The van der Waals surface area contributed by atoms with Crippen LogP contribution < -0.4 is 5.32 Å². The van der Waals surface area contributed by atoms with Gasteiger partial charge in [0.25, 0.3) is 0 Å². The fourth-order valence-corrected chi connectivity index (χ4v) is 2.38. The van der Waals surface area contributed by atoms with E-state index in [4.69, 9.17) is 23.2 Å². The smallest absolute Gasteiger partial charge is 0.239 e. The zero-order valence-electron chi connectivity index (χ0n) is 10.0. The molecule has 0 bridgehead atoms. The van der Waals surface area contributed by atoms with Crippen molar-refractivity contribution in [1.82, 2.24) is 9.88 Å². The third-order valence-corrected chi connectivity index (χ3v) is 3.22. The van der Waals surface area contributed by atoms with Gasteiger partial charge in [-0.05, 0) is 24.6 Å². The van der Waals surface area contributed by atoms with E-state index in [0.717, 1.165) is 17.3 Å². The van der Waals surface area contributed by atoms with Crippen molar-refractivity contribution in [1.29, 1.82) is 0 Å². The topological polar surface area (TPSA) is 34.0 Å². The number of fused-ring (bicyclic) bond motifs is 1. The van der Waals surface area contributed by atoms with Crippen molar-refractivity contribution in [2.75, 3.05) is 6.54 Å². The maximum atomic E-state index is 11.7. The van der Waals surface area contributed by atoms with Gasteiger partial charge in [0.15, 0.2) is 0 Å². The van der Waals surface area contributed by atoms with Gasteiger partial charge in [0.2, 0.25) is 5.91 Å². The van der Waals surface area contributed by atoms with E-state index in [0.29, 0.717) is 16.6 Å². The summed E-state index contributed by atoms with van der Waals surface area (Å²) in [6.07, 6.45) is 2.77. The van der Waals surface area contributed by atoms with Gasteiger partial charge < -0.3 is 9.88 Å². The van der Waals surface area contributed by atoms with Crippen molar-refractivity contribution >= 4 is 40.0 Å². The first-order valence-corrected chi connectivity index (χ1v) is 6.58. The fraction of sp³-hybridized carbons (Fsp3) is 0.308. The Bertz CT molecular complexity index is 578. The number of benzene rings is 1. The molecule has 3 nitrogen and oxygen atoms in total. The number of amides is 1. The number of carbonyl (C=O) groups excluding carboxylic acids is 1. The van der Waals surface area contributed by atoms with Crippen LogP contribution in [-0.2, 0) is 11.3 Å². The lowest BCUT2D eigenvalue weighted by Crippen LogP contribution is -2.27. The Kier molecular flexibility index (Phi) is 4.15. The first-order chi connectivity index (χ1) is 8.61. The summed E-state index contributed by atoms with van der Waals surface area (Å²) in [5.74, 6) is -0.00884. The molecular formula is C13H14Cl2N2O. The molecule has 1 aromatic heterocycles. The van der Waals surface area contributed by atoms with Crippen molar-refractivity contribution in [2.45, 2.75) is 19.9 Å². The molecule has 0 aliphatic heterocycles. The Hall–Kier alpha value is -1.19. The van der Waals surface area contributed by atoms with Gasteiger partial charge in [0.1, 0.15) is 6.54 Å². The number of hydrogen-bond donors (Lipinski definition) is 1. The van der Waals surface area contributed by atoms with Gasteiger partial charge in [-0.2, -0.15) is 0 Å². The molecule has 0 atom stereocenters. The molecule has 0 aliphatic rings. The molecule has 5 heteroatoms. The standard InChI is InChI=1S/C13H14Cl2N2O/c1-2-4-16-13(18)8-17-5-3-10-11(15)6-9(14)7-12(10)17/h3,5-7H,2,4,8H2,1H3,(H,16,18). The summed E-state index contributed by atoms with van der Waals surface area (Å²) in [6, 6.07) is 5.41. The van der Waals surface area contributed by atoms with Crippen LogP contribution in [0.1, 0.15) is 13.3 Å². The van der Waals surface area contributed by atoms with Crippen LogP contribution in [0.15, 0.2) is 24.4 Å². The van der Waals surface area contributed by atoms with Crippen LogP contribution in [0.3, 0.4) is 0 Å². The van der Waals surface area contributed by atoms with Crippen LogP contribution in [-0.4, -0.2) is 17.0 Å². The third-order valence-electron chi connectivity index (χ3n) is 2.69. The SMILES string of the molecule is CCCNC(=O)Cn1ccc2c(Cl)cc(Cl)cc21. The second-order valence-electron chi connectivity index (χ2n) is 4.11. The summed E-state index contributed by atoms with van der Waals surface area (Å²) in [4.78, 5) is 11.7. The second kappa shape index (κ2) is 5.63. The molecule has 0 saturated heterocycles.